The first-order valence-corrected chi connectivity index (χ1v) is 6.07. The normalized spacial score (nSPS) is 12.6. The summed E-state index contributed by atoms with van der Waals surface area (Å²) in [5, 5.41) is 12.7. The van der Waals surface area contributed by atoms with Crippen LogP contribution in [0.15, 0.2) is 24.4 Å². The summed E-state index contributed by atoms with van der Waals surface area (Å²) in [4.78, 5) is 15.0. The molecule has 0 saturated carbocycles. The molecule has 0 radical (unpaired) electrons. The lowest BCUT2D eigenvalue weighted by molar-refractivity contribution is -0.121. The number of aryl methyl sites for hydroxylation is 1. The first kappa shape index (κ1) is 12.6. The molecule has 1 aromatic carbocycles. The van der Waals surface area contributed by atoms with Crippen LogP contribution >= 0.6 is 0 Å². The van der Waals surface area contributed by atoms with Crippen molar-refractivity contribution in [2.45, 2.75) is 26.3 Å². The Balaban J connectivity index is 2.17. The third kappa shape index (κ3) is 2.54. The molecule has 18 heavy (non-hydrogen) atoms. The lowest BCUT2D eigenvalue weighted by atomic mass is 10.1. The molecule has 0 saturated heterocycles. The van der Waals surface area contributed by atoms with E-state index in [1.54, 1.807) is 6.92 Å². The maximum absolute atomic E-state index is 11.8. The predicted octanol–water partition coefficient (Wildman–Crippen LogP) is 1.52. The van der Waals surface area contributed by atoms with Crippen LogP contribution in [0.5, 0.6) is 0 Å². The molecule has 1 aromatic heterocycles. The number of benzene rings is 1. The molecule has 4 heteroatoms. The van der Waals surface area contributed by atoms with Crippen LogP contribution in [0.3, 0.4) is 0 Å². The van der Waals surface area contributed by atoms with Gasteiger partial charge in [-0.05, 0) is 25.0 Å². The van der Waals surface area contributed by atoms with Gasteiger partial charge in [0, 0.05) is 23.1 Å². The fraction of sp³-hybridized carbons (Fsp3) is 0.357. The van der Waals surface area contributed by atoms with Gasteiger partial charge in [0.05, 0.1) is 13.0 Å². The third-order valence-electron chi connectivity index (χ3n) is 3.04. The number of aromatic nitrogens is 1. The summed E-state index contributed by atoms with van der Waals surface area (Å²) < 4.78 is 0. The number of aliphatic hydroxyl groups is 1. The molecule has 0 aliphatic heterocycles. The molecule has 0 aliphatic carbocycles. The molecule has 0 aliphatic rings. The highest BCUT2D eigenvalue weighted by molar-refractivity contribution is 5.90. The first-order chi connectivity index (χ1) is 8.61. The van der Waals surface area contributed by atoms with Crippen molar-refractivity contribution in [3.05, 3.63) is 35.5 Å². The van der Waals surface area contributed by atoms with Crippen LogP contribution in [0.2, 0.25) is 0 Å². The number of hydrogen-bond donors (Lipinski definition) is 3. The molecule has 1 unspecified atom stereocenters. The van der Waals surface area contributed by atoms with Gasteiger partial charge in [0.15, 0.2) is 0 Å². The van der Waals surface area contributed by atoms with Crippen molar-refractivity contribution >= 4 is 16.8 Å². The highest BCUT2D eigenvalue weighted by atomic mass is 16.3. The van der Waals surface area contributed by atoms with Crippen LogP contribution in [-0.4, -0.2) is 28.6 Å². The minimum absolute atomic E-state index is 0.0429. The van der Waals surface area contributed by atoms with Crippen LogP contribution < -0.4 is 5.32 Å². The van der Waals surface area contributed by atoms with E-state index < -0.39 is 0 Å². The van der Waals surface area contributed by atoms with Gasteiger partial charge in [-0.2, -0.15) is 0 Å². The quantitative estimate of drug-likeness (QED) is 0.765. The zero-order valence-electron chi connectivity index (χ0n) is 10.7. The van der Waals surface area contributed by atoms with Crippen molar-refractivity contribution in [3.8, 4) is 0 Å². The van der Waals surface area contributed by atoms with Gasteiger partial charge in [-0.3, -0.25) is 4.79 Å². The van der Waals surface area contributed by atoms with E-state index in [0.29, 0.717) is 6.42 Å². The van der Waals surface area contributed by atoms with E-state index >= 15 is 0 Å². The van der Waals surface area contributed by atoms with Gasteiger partial charge in [0.1, 0.15) is 0 Å². The average Bonchev–Trinajstić information content (AvgIpc) is 2.74. The minimum atomic E-state index is -0.204. The van der Waals surface area contributed by atoms with Gasteiger partial charge in [0.2, 0.25) is 5.91 Å². The van der Waals surface area contributed by atoms with E-state index in [0.717, 1.165) is 16.5 Å². The Kier molecular flexibility index (Phi) is 3.67. The van der Waals surface area contributed by atoms with Crippen molar-refractivity contribution in [3.63, 3.8) is 0 Å². The van der Waals surface area contributed by atoms with Gasteiger partial charge >= 0.3 is 0 Å². The van der Waals surface area contributed by atoms with Crippen molar-refractivity contribution in [1.29, 1.82) is 0 Å². The summed E-state index contributed by atoms with van der Waals surface area (Å²) in [5.41, 5.74) is 3.23. The molecular weight excluding hydrogens is 228 g/mol. The number of para-hydroxylation sites is 1. The molecule has 1 atom stereocenters. The molecule has 0 fully saturated rings. The second kappa shape index (κ2) is 5.23. The number of fused-ring (bicyclic) bond motifs is 1. The van der Waals surface area contributed by atoms with Crippen LogP contribution in [0.1, 0.15) is 18.1 Å². The Hall–Kier alpha value is -1.81. The predicted molar refractivity (Wildman–Crippen MR) is 71.4 cm³/mol. The second-order valence-corrected chi connectivity index (χ2v) is 4.64. The number of aromatic amines is 1. The fourth-order valence-corrected chi connectivity index (χ4v) is 2.05. The summed E-state index contributed by atoms with van der Waals surface area (Å²) >= 11 is 0. The lowest BCUT2D eigenvalue weighted by Gasteiger charge is -2.10. The minimum Gasteiger partial charge on any atom is -0.394 e. The Morgan fingerprint density at radius 1 is 1.50 bits per heavy atom. The SMILES string of the molecule is Cc1cccc2c(CC(=O)NC(C)CO)c[nH]c12. The van der Waals surface area contributed by atoms with Crippen molar-refractivity contribution in [2.24, 2.45) is 0 Å². The van der Waals surface area contributed by atoms with Crippen LogP contribution in [-0.2, 0) is 11.2 Å². The molecular formula is C14H18N2O2. The maximum Gasteiger partial charge on any atom is 0.224 e. The summed E-state index contributed by atoms with van der Waals surface area (Å²) in [6.45, 7) is 3.77. The monoisotopic (exact) mass is 246 g/mol. The highest BCUT2D eigenvalue weighted by Crippen LogP contribution is 2.21. The number of carbonyl (C=O) groups is 1. The van der Waals surface area contributed by atoms with E-state index in [4.69, 9.17) is 5.11 Å². The van der Waals surface area contributed by atoms with Crippen molar-refractivity contribution in [1.82, 2.24) is 10.3 Å². The second-order valence-electron chi connectivity index (χ2n) is 4.64. The van der Waals surface area contributed by atoms with Crippen molar-refractivity contribution in [2.75, 3.05) is 6.61 Å². The van der Waals surface area contributed by atoms with E-state index in [9.17, 15) is 4.79 Å². The Labute approximate surface area is 106 Å². The summed E-state index contributed by atoms with van der Waals surface area (Å²) in [6, 6.07) is 5.83. The van der Waals surface area contributed by atoms with Gasteiger partial charge in [-0.1, -0.05) is 18.2 Å². The van der Waals surface area contributed by atoms with Gasteiger partial charge < -0.3 is 15.4 Å². The number of nitrogens with one attached hydrogen (secondary N) is 2. The van der Waals surface area contributed by atoms with Crippen LogP contribution in [0.4, 0.5) is 0 Å². The topological polar surface area (TPSA) is 65.1 Å². The molecule has 2 aromatic rings. The molecule has 0 bridgehead atoms. The zero-order valence-corrected chi connectivity index (χ0v) is 10.7. The Bertz CT molecular complexity index is 560. The van der Waals surface area contributed by atoms with Crippen LogP contribution in [0, 0.1) is 6.92 Å². The molecule has 3 N–H and O–H groups in total. The maximum atomic E-state index is 11.8. The van der Waals surface area contributed by atoms with E-state index in [1.807, 2.05) is 31.3 Å². The van der Waals surface area contributed by atoms with Crippen molar-refractivity contribution < 1.29 is 9.90 Å². The summed E-state index contributed by atoms with van der Waals surface area (Å²) in [5.74, 6) is -0.0704. The largest absolute Gasteiger partial charge is 0.394 e. The van der Waals surface area contributed by atoms with E-state index in [1.165, 1.54) is 5.56 Å². The van der Waals surface area contributed by atoms with Gasteiger partial charge in [0.25, 0.3) is 0 Å². The number of amides is 1. The Morgan fingerprint density at radius 3 is 3.00 bits per heavy atom. The molecule has 2 rings (SSSR count). The number of hydrogen-bond acceptors (Lipinski definition) is 2. The lowest BCUT2D eigenvalue weighted by Crippen LogP contribution is -2.35. The standard InChI is InChI=1S/C14H18N2O2/c1-9-4-3-5-12-11(7-15-14(9)12)6-13(18)16-10(2)8-17/h3-5,7,10,15,17H,6,8H2,1-2H3,(H,16,18). The fourth-order valence-electron chi connectivity index (χ4n) is 2.05. The summed E-state index contributed by atoms with van der Waals surface area (Å²) in [6.07, 6.45) is 2.20. The molecule has 1 amide bonds. The van der Waals surface area contributed by atoms with E-state index in [-0.39, 0.29) is 18.6 Å². The first-order valence-electron chi connectivity index (χ1n) is 6.07. The number of carbonyl (C=O) groups excluding carboxylic acids is 1. The van der Waals surface area contributed by atoms with Gasteiger partial charge in [-0.15, -0.1) is 0 Å². The smallest absolute Gasteiger partial charge is 0.224 e. The number of aliphatic hydroxyl groups excluding tert-OH is 1. The summed E-state index contributed by atoms with van der Waals surface area (Å²) in [7, 11) is 0. The molecule has 1 heterocycles. The number of H-pyrrole nitrogens is 1. The van der Waals surface area contributed by atoms with Crippen LogP contribution in [0.25, 0.3) is 10.9 Å². The third-order valence-corrected chi connectivity index (χ3v) is 3.04. The molecule has 96 valence electrons. The highest BCUT2D eigenvalue weighted by Gasteiger charge is 2.11. The number of rotatable bonds is 4. The van der Waals surface area contributed by atoms with E-state index in [2.05, 4.69) is 10.3 Å². The average molecular weight is 246 g/mol. The zero-order chi connectivity index (χ0) is 13.1. The molecule has 4 nitrogen and oxygen atoms in total. The Morgan fingerprint density at radius 2 is 2.28 bits per heavy atom. The molecule has 0 spiro atoms. The van der Waals surface area contributed by atoms with Gasteiger partial charge in [-0.25, -0.2) is 0 Å².